The van der Waals surface area contributed by atoms with Gasteiger partial charge in [0, 0.05) is 32.6 Å². The quantitative estimate of drug-likeness (QED) is 0.171. The van der Waals surface area contributed by atoms with E-state index >= 15 is 0 Å². The maximum Gasteiger partial charge on any atom is 0.315 e. The number of likely N-dealkylation sites (tertiary alicyclic amines) is 2. The van der Waals surface area contributed by atoms with Gasteiger partial charge in [0.1, 0.15) is 12.1 Å². The van der Waals surface area contributed by atoms with Gasteiger partial charge in [0.15, 0.2) is 0 Å². The number of fused-ring (bicyclic) bond motifs is 2. The molecule has 3 fully saturated rings. The van der Waals surface area contributed by atoms with E-state index < -0.39 is 41.8 Å². The van der Waals surface area contributed by atoms with Crippen molar-refractivity contribution in [2.24, 2.45) is 28.6 Å². The van der Waals surface area contributed by atoms with Crippen LogP contribution in [0.5, 0.6) is 0 Å². The van der Waals surface area contributed by atoms with E-state index in [0.717, 1.165) is 24.0 Å². The van der Waals surface area contributed by atoms with Gasteiger partial charge in [-0.25, -0.2) is 4.79 Å². The molecule has 2 aliphatic carbocycles. The SMILES string of the molecule is C=CCNC(=O)C(=O)C(CCC)NC(=O)C1C2C(CN1C(=O)C(NC(=O)NC(CN1CCCCC1=O)C(C)(C)C)C1Cc3ccccc3C1)C2(C)C. The summed E-state index contributed by atoms with van der Waals surface area (Å²) < 4.78 is 0. The third-order valence-electron chi connectivity index (χ3n) is 11.9. The highest BCUT2D eigenvalue weighted by molar-refractivity contribution is 6.38. The van der Waals surface area contributed by atoms with Crippen LogP contribution >= 0.6 is 0 Å². The third-order valence-corrected chi connectivity index (χ3v) is 11.9. The summed E-state index contributed by atoms with van der Waals surface area (Å²) in [4.78, 5) is 84.8. The molecule has 2 heterocycles. The fraction of sp³-hybridized carbons (Fsp3) is 0.650. The Hall–Kier alpha value is -4.22. The van der Waals surface area contributed by atoms with Gasteiger partial charge in [-0.15, -0.1) is 6.58 Å². The van der Waals surface area contributed by atoms with Crippen molar-refractivity contribution in [1.29, 1.82) is 0 Å². The Morgan fingerprint density at radius 3 is 2.29 bits per heavy atom. The second kappa shape index (κ2) is 15.8. The van der Waals surface area contributed by atoms with Gasteiger partial charge < -0.3 is 31.1 Å². The first-order valence-electron chi connectivity index (χ1n) is 19.0. The van der Waals surface area contributed by atoms with Crippen LogP contribution in [0.1, 0.15) is 84.8 Å². The molecule has 5 rings (SSSR count). The molecule has 12 heteroatoms. The Labute approximate surface area is 308 Å². The number of hydrogen-bond acceptors (Lipinski definition) is 6. The predicted octanol–water partition coefficient (Wildman–Crippen LogP) is 3.14. The summed E-state index contributed by atoms with van der Waals surface area (Å²) in [6.45, 7) is 17.2. The van der Waals surface area contributed by atoms with Crippen molar-refractivity contribution in [3.05, 3.63) is 48.0 Å². The number of rotatable bonds is 14. The first kappa shape index (κ1) is 39.0. The van der Waals surface area contributed by atoms with E-state index in [9.17, 15) is 28.8 Å². The lowest BCUT2D eigenvalue weighted by Gasteiger charge is -2.38. The molecule has 284 valence electrons. The van der Waals surface area contributed by atoms with E-state index in [2.05, 4.69) is 41.7 Å². The van der Waals surface area contributed by atoms with Crippen LogP contribution in [0.3, 0.4) is 0 Å². The smallest absolute Gasteiger partial charge is 0.315 e. The van der Waals surface area contributed by atoms with Crippen LogP contribution in [0.2, 0.25) is 0 Å². The molecule has 0 radical (unpaired) electrons. The number of ketones is 1. The number of piperidine rings is 2. The monoisotopic (exact) mass is 718 g/mol. The second-order valence-corrected chi connectivity index (χ2v) is 16.8. The summed E-state index contributed by atoms with van der Waals surface area (Å²) in [5, 5.41) is 11.5. The minimum atomic E-state index is -1.04. The van der Waals surface area contributed by atoms with Crippen LogP contribution in [-0.4, -0.2) is 95.6 Å². The van der Waals surface area contributed by atoms with Gasteiger partial charge in [-0.05, 0) is 71.8 Å². The molecule has 2 saturated heterocycles. The number of benzene rings is 1. The topological polar surface area (TPSA) is 157 Å². The number of carbonyl (C=O) groups excluding carboxylic acids is 6. The minimum Gasteiger partial charge on any atom is -0.346 e. The number of amides is 6. The third kappa shape index (κ3) is 8.36. The van der Waals surface area contributed by atoms with E-state index in [1.54, 1.807) is 4.90 Å². The Morgan fingerprint density at radius 1 is 1.02 bits per heavy atom. The molecule has 52 heavy (non-hydrogen) atoms. The molecule has 2 aliphatic heterocycles. The molecule has 0 bridgehead atoms. The summed E-state index contributed by atoms with van der Waals surface area (Å²) in [5.41, 5.74) is 1.68. The van der Waals surface area contributed by atoms with Crippen molar-refractivity contribution < 1.29 is 28.8 Å². The van der Waals surface area contributed by atoms with Crippen LogP contribution in [-0.2, 0) is 36.8 Å². The zero-order chi connectivity index (χ0) is 38.0. The average molecular weight is 719 g/mol. The van der Waals surface area contributed by atoms with Crippen LogP contribution in [0, 0.1) is 28.6 Å². The van der Waals surface area contributed by atoms with Crippen LogP contribution in [0.4, 0.5) is 4.79 Å². The van der Waals surface area contributed by atoms with Crippen molar-refractivity contribution >= 4 is 35.4 Å². The molecule has 6 unspecified atom stereocenters. The molecule has 1 saturated carbocycles. The lowest BCUT2D eigenvalue weighted by atomic mass is 9.86. The van der Waals surface area contributed by atoms with Gasteiger partial charge in [-0.1, -0.05) is 78.3 Å². The molecular weight excluding hydrogens is 660 g/mol. The predicted molar refractivity (Wildman–Crippen MR) is 198 cm³/mol. The lowest BCUT2D eigenvalue weighted by molar-refractivity contribution is -0.144. The molecule has 1 aromatic carbocycles. The summed E-state index contributed by atoms with van der Waals surface area (Å²) in [7, 11) is 0. The highest BCUT2D eigenvalue weighted by atomic mass is 16.2. The van der Waals surface area contributed by atoms with Gasteiger partial charge in [0.2, 0.25) is 23.5 Å². The van der Waals surface area contributed by atoms with Crippen molar-refractivity contribution in [2.45, 2.75) is 111 Å². The molecule has 0 aromatic heterocycles. The highest BCUT2D eigenvalue weighted by Gasteiger charge is 2.69. The second-order valence-electron chi connectivity index (χ2n) is 16.8. The van der Waals surface area contributed by atoms with Gasteiger partial charge in [-0.2, -0.15) is 0 Å². The number of urea groups is 1. The fourth-order valence-electron chi connectivity index (χ4n) is 8.58. The van der Waals surface area contributed by atoms with Crippen molar-refractivity contribution in [3.8, 4) is 0 Å². The van der Waals surface area contributed by atoms with Crippen LogP contribution < -0.4 is 21.3 Å². The van der Waals surface area contributed by atoms with Crippen molar-refractivity contribution in [1.82, 2.24) is 31.1 Å². The molecular formula is C40H58N6O6. The minimum absolute atomic E-state index is 0.0750. The van der Waals surface area contributed by atoms with Crippen molar-refractivity contribution in [2.75, 3.05) is 26.2 Å². The number of nitrogens with one attached hydrogen (secondary N) is 4. The summed E-state index contributed by atoms with van der Waals surface area (Å²) in [5.74, 6) is -2.56. The van der Waals surface area contributed by atoms with E-state index in [0.29, 0.717) is 45.3 Å². The maximum absolute atomic E-state index is 14.8. The van der Waals surface area contributed by atoms with Gasteiger partial charge in [-0.3, -0.25) is 24.0 Å². The molecule has 12 nitrogen and oxygen atoms in total. The van der Waals surface area contributed by atoms with Crippen LogP contribution in [0.15, 0.2) is 36.9 Å². The number of carbonyl (C=O) groups is 6. The first-order valence-corrected chi connectivity index (χ1v) is 19.0. The Morgan fingerprint density at radius 2 is 1.69 bits per heavy atom. The summed E-state index contributed by atoms with van der Waals surface area (Å²) >= 11 is 0. The van der Waals surface area contributed by atoms with E-state index in [1.807, 2.05) is 56.9 Å². The maximum atomic E-state index is 14.8. The van der Waals surface area contributed by atoms with Gasteiger partial charge in [0.25, 0.3) is 5.91 Å². The number of nitrogens with zero attached hydrogens (tertiary/aromatic N) is 2. The first-order chi connectivity index (χ1) is 24.6. The van der Waals surface area contributed by atoms with Gasteiger partial charge in [0.05, 0.1) is 12.1 Å². The lowest BCUT2D eigenvalue weighted by Crippen LogP contribution is -2.62. The molecule has 4 N–H and O–H groups in total. The summed E-state index contributed by atoms with van der Waals surface area (Å²) in [6.07, 6.45) is 5.78. The van der Waals surface area contributed by atoms with Crippen LogP contribution in [0.25, 0.3) is 0 Å². The molecule has 1 aromatic rings. The van der Waals surface area contributed by atoms with E-state index in [4.69, 9.17) is 0 Å². The fourth-order valence-corrected chi connectivity index (χ4v) is 8.58. The average Bonchev–Trinajstić information content (AvgIpc) is 3.45. The van der Waals surface area contributed by atoms with Crippen molar-refractivity contribution in [3.63, 3.8) is 0 Å². The van der Waals surface area contributed by atoms with E-state index in [-0.39, 0.29) is 59.4 Å². The number of Topliss-reactive ketones (excluding diaryl/α,β-unsaturated/α-hetero) is 1. The Balaban J connectivity index is 1.38. The van der Waals surface area contributed by atoms with E-state index in [1.165, 1.54) is 6.08 Å². The normalized spacial score (nSPS) is 23.8. The Bertz CT molecular complexity index is 1540. The highest BCUT2D eigenvalue weighted by Crippen LogP contribution is 2.65. The largest absolute Gasteiger partial charge is 0.346 e. The zero-order valence-electron chi connectivity index (χ0n) is 31.8. The number of hydrogen-bond donors (Lipinski definition) is 4. The zero-order valence-corrected chi connectivity index (χ0v) is 31.8. The Kier molecular flexibility index (Phi) is 11.8. The molecule has 6 amide bonds. The summed E-state index contributed by atoms with van der Waals surface area (Å²) in [6, 6.07) is 4.32. The molecule has 4 aliphatic rings. The standard InChI is InChI=1S/C40H58N6O6/c1-8-14-28(34(48)36(50)41-18-9-2)42-35(49)33-31-27(40(31,6)7)22-46(33)37(51)32(26-20-24-15-10-11-16-25(24)21-26)44-38(52)43-29(39(3,4)5)23-45-19-13-12-17-30(45)47/h9-11,15-16,26-29,31-33H,2,8,12-14,17-23H2,1,3-7H3,(H,41,50)(H,42,49)(H2,43,44,52). The van der Waals surface area contributed by atoms with Gasteiger partial charge >= 0.3 is 6.03 Å². The molecule has 6 atom stereocenters. The molecule has 0 spiro atoms.